The average molecular weight is 1090 g/mol. The van der Waals surface area contributed by atoms with E-state index in [4.69, 9.17) is 10.5 Å². The average Bonchev–Trinajstić information content (AvgIpc) is 4.04. The number of aromatic amines is 1. The van der Waals surface area contributed by atoms with Gasteiger partial charge in [-0.05, 0) is 29.9 Å². The highest BCUT2D eigenvalue weighted by atomic mass is 32.2. The molecule has 12 atom stereocenters. The first kappa shape index (κ1) is 57.6. The molecule has 410 valence electrons. The number of nitrogens with zero attached hydrogens (tertiary/aromatic N) is 2. The predicted molar refractivity (Wildman–Crippen MR) is 265 cm³/mol. The van der Waals surface area contributed by atoms with Gasteiger partial charge in [0.05, 0.1) is 72.2 Å². The first-order chi connectivity index (χ1) is 35.5. The fourth-order valence-corrected chi connectivity index (χ4v) is 11.1. The number of likely N-dealkylation sites (tertiary alicyclic amines) is 1. The molecule has 2 saturated heterocycles. The Morgan fingerprint density at radius 2 is 1.56 bits per heavy atom. The number of thioether (sulfide) groups is 1. The minimum atomic E-state index is -2.44. The fourth-order valence-electron chi connectivity index (χ4n) is 9.11. The van der Waals surface area contributed by atoms with E-state index in [1.165, 1.54) is 36.9 Å². The van der Waals surface area contributed by atoms with Crippen LogP contribution in [0.25, 0.3) is 10.9 Å². The highest BCUT2D eigenvalue weighted by molar-refractivity contribution is 8.00. The number of amides is 11. The SMILES string of the molecule is CCC(C)C1NC(=O)CNC(=O)C2Cc3c([nH]c4cc(OCCN5C(=O)CC(SC)C5=O)ccc34)S(=O)CC(NC(=O)CNC1=O)C(=O)NC(CC(N)=O)C(=O)N1CC(O)CC1C(=O)NC(C(C)C(O)CO)C(=O)N2. The molecule has 6 rings (SSSR count). The van der Waals surface area contributed by atoms with Crippen molar-refractivity contribution in [3.8, 4) is 5.75 Å². The third kappa shape index (κ3) is 13.8. The number of fused-ring (bicyclic) bond motifs is 5. The maximum atomic E-state index is 15.0. The van der Waals surface area contributed by atoms with Crippen LogP contribution in [0.1, 0.15) is 52.0 Å². The van der Waals surface area contributed by atoms with E-state index in [0.29, 0.717) is 6.42 Å². The summed E-state index contributed by atoms with van der Waals surface area (Å²) in [6.07, 6.45) is -2.82. The van der Waals surface area contributed by atoms with E-state index < -0.39 is 181 Å². The zero-order chi connectivity index (χ0) is 55.0. The molecule has 0 aliphatic carbocycles. The van der Waals surface area contributed by atoms with E-state index in [1.54, 1.807) is 20.1 Å². The van der Waals surface area contributed by atoms with Crippen molar-refractivity contribution >= 4 is 98.4 Å². The molecule has 13 N–H and O–H groups in total. The van der Waals surface area contributed by atoms with E-state index in [9.17, 15) is 72.3 Å². The summed E-state index contributed by atoms with van der Waals surface area (Å²) in [6.45, 7) is 1.43. The van der Waals surface area contributed by atoms with Gasteiger partial charge >= 0.3 is 0 Å². The summed E-state index contributed by atoms with van der Waals surface area (Å²) in [4.78, 5) is 156. The lowest BCUT2D eigenvalue weighted by Crippen LogP contribution is -2.62. The molecule has 12 unspecified atom stereocenters. The smallest absolute Gasteiger partial charge is 0.246 e. The summed E-state index contributed by atoms with van der Waals surface area (Å²) in [5, 5.41) is 48.4. The summed E-state index contributed by atoms with van der Waals surface area (Å²) < 4.78 is 20.9. The highest BCUT2D eigenvalue weighted by Crippen LogP contribution is 2.31. The van der Waals surface area contributed by atoms with Crippen molar-refractivity contribution < 1.29 is 77.0 Å². The van der Waals surface area contributed by atoms with E-state index in [0.717, 1.165) is 9.80 Å². The zero-order valence-corrected chi connectivity index (χ0v) is 43.1. The molecule has 1 aromatic carbocycles. The van der Waals surface area contributed by atoms with Gasteiger partial charge in [-0.15, -0.1) is 0 Å². The van der Waals surface area contributed by atoms with Gasteiger partial charge in [-0.3, -0.25) is 61.8 Å². The van der Waals surface area contributed by atoms with Crippen molar-refractivity contribution in [2.75, 3.05) is 51.4 Å². The van der Waals surface area contributed by atoms with Crippen molar-refractivity contribution in [2.45, 2.75) is 112 Å². The van der Waals surface area contributed by atoms with Crippen LogP contribution in [0.3, 0.4) is 0 Å². The van der Waals surface area contributed by atoms with Gasteiger partial charge in [0.2, 0.25) is 65.0 Å². The number of hydrogen-bond donors (Lipinski definition) is 12. The fraction of sp³-hybridized carbons (Fsp3) is 0.587. The molecule has 0 saturated carbocycles. The maximum absolute atomic E-state index is 15.0. The van der Waals surface area contributed by atoms with E-state index in [1.807, 2.05) is 0 Å². The van der Waals surface area contributed by atoms with Gasteiger partial charge < -0.3 is 72.9 Å². The number of primary amides is 1. The van der Waals surface area contributed by atoms with Crippen molar-refractivity contribution in [1.29, 1.82) is 0 Å². The second kappa shape index (κ2) is 25.2. The molecule has 75 heavy (non-hydrogen) atoms. The third-order valence-electron chi connectivity index (χ3n) is 13.6. The minimum Gasteiger partial charge on any atom is -0.492 e. The number of nitrogens with two attached hydrogens (primary N) is 1. The Hall–Kier alpha value is -6.69. The Bertz CT molecular complexity index is 2620. The molecule has 0 radical (unpaired) electrons. The van der Waals surface area contributed by atoms with Crippen LogP contribution in [0.15, 0.2) is 23.2 Å². The van der Waals surface area contributed by atoms with Crippen LogP contribution in [0.2, 0.25) is 0 Å². The molecule has 4 aliphatic heterocycles. The number of H-pyrrole nitrogens is 1. The first-order valence-electron chi connectivity index (χ1n) is 24.2. The second-order valence-electron chi connectivity index (χ2n) is 18.8. The third-order valence-corrected chi connectivity index (χ3v) is 16.0. The number of carbonyl (C=O) groups is 11. The molecule has 0 spiro atoms. The van der Waals surface area contributed by atoms with Gasteiger partial charge in [-0.2, -0.15) is 11.8 Å². The van der Waals surface area contributed by atoms with E-state index in [2.05, 4.69) is 42.2 Å². The Labute approximate surface area is 436 Å². The van der Waals surface area contributed by atoms with Crippen LogP contribution in [0.4, 0.5) is 0 Å². The topological polar surface area (TPSA) is 407 Å². The molecule has 29 heteroatoms. The standard InChI is InChI=1S/C46H63N11O16S2/c1-5-20(2)37-42(68)49-15-34(62)50-29-19-75(72)44-25(24-7-6-23(11-26(24)53-44)73-9-8-56-36(64)14-32(74-4)46(56)71)12-27(39(65)48-16-35(63)54-37)51-43(69)38(21(3)31(60)18-58)55-41(67)30-10-22(59)17-57(30)45(70)28(13-33(47)61)52-40(29)66/h6-7,11,20-22,27-32,37-38,53,58-60H,5,8-10,12-19H2,1-4H3,(H2,47,61)(H,48,65)(H,49,68)(H,50,62)(H,51,69)(H,52,66)(H,54,63)(H,55,67). The van der Waals surface area contributed by atoms with Gasteiger partial charge in [-0.25, -0.2) is 0 Å². The number of hydrogen-bond acceptors (Lipinski definition) is 17. The monoisotopic (exact) mass is 1090 g/mol. The molecule has 27 nitrogen and oxygen atoms in total. The van der Waals surface area contributed by atoms with Gasteiger partial charge in [0.1, 0.15) is 53.6 Å². The van der Waals surface area contributed by atoms with E-state index >= 15 is 0 Å². The molecule has 11 amide bonds. The lowest BCUT2D eigenvalue weighted by atomic mass is 9.93. The number of benzene rings is 1. The van der Waals surface area contributed by atoms with Gasteiger partial charge in [-0.1, -0.05) is 27.2 Å². The quantitative estimate of drug-likeness (QED) is 0.0881. The molecule has 5 heterocycles. The predicted octanol–water partition coefficient (Wildman–Crippen LogP) is -5.76. The molecule has 1 aromatic heterocycles. The summed E-state index contributed by atoms with van der Waals surface area (Å²) >= 11 is 1.25. The maximum Gasteiger partial charge on any atom is 0.246 e. The van der Waals surface area contributed by atoms with E-state index in [-0.39, 0.29) is 58.6 Å². The number of aromatic nitrogens is 1. The van der Waals surface area contributed by atoms with Crippen LogP contribution in [-0.4, -0.2) is 204 Å². The van der Waals surface area contributed by atoms with Gasteiger partial charge in [0, 0.05) is 43.2 Å². The molecule has 2 fully saturated rings. The number of carbonyl (C=O) groups excluding carboxylic acids is 11. The Morgan fingerprint density at radius 1 is 0.867 bits per heavy atom. The number of ether oxygens (including phenoxy) is 1. The highest BCUT2D eigenvalue weighted by Gasteiger charge is 2.45. The summed E-state index contributed by atoms with van der Waals surface area (Å²) in [6, 6.07) is -5.70. The van der Waals surface area contributed by atoms with Crippen molar-refractivity contribution in [2.24, 2.45) is 17.6 Å². The number of rotatable bonds is 12. The Balaban J connectivity index is 1.51. The summed E-state index contributed by atoms with van der Waals surface area (Å²) in [7, 11) is -2.44. The lowest BCUT2D eigenvalue weighted by molar-refractivity contribution is -0.144. The minimum absolute atomic E-state index is 0.0420. The largest absolute Gasteiger partial charge is 0.492 e. The van der Waals surface area contributed by atoms with Gasteiger partial charge in [0.25, 0.3) is 0 Å². The summed E-state index contributed by atoms with van der Waals surface area (Å²) in [5.74, 6) is -12.6. The van der Waals surface area contributed by atoms with Crippen LogP contribution >= 0.6 is 11.8 Å². The van der Waals surface area contributed by atoms with Crippen LogP contribution < -0.4 is 47.7 Å². The number of aliphatic hydroxyl groups is 3. The lowest BCUT2D eigenvalue weighted by Gasteiger charge is -2.32. The first-order valence-corrected chi connectivity index (χ1v) is 26.8. The molecule has 2 aromatic rings. The molecular formula is C46H63N11O16S2. The molecular weight excluding hydrogens is 1030 g/mol. The summed E-state index contributed by atoms with van der Waals surface area (Å²) in [5.41, 5.74) is 5.80. The zero-order valence-electron chi connectivity index (χ0n) is 41.5. The number of aliphatic hydroxyl groups excluding tert-OH is 3. The number of nitrogens with one attached hydrogen (secondary N) is 8. The number of imide groups is 1. The second-order valence-corrected chi connectivity index (χ2v) is 21.3. The van der Waals surface area contributed by atoms with Gasteiger partial charge in [0.15, 0.2) is 0 Å². The molecule has 4 aliphatic rings. The Morgan fingerprint density at radius 3 is 2.21 bits per heavy atom. The van der Waals surface area contributed by atoms with Crippen molar-refractivity contribution in [3.63, 3.8) is 0 Å². The van der Waals surface area contributed by atoms with Crippen LogP contribution in [0, 0.1) is 11.8 Å². The van der Waals surface area contributed by atoms with Crippen LogP contribution in [0.5, 0.6) is 5.75 Å². The van der Waals surface area contributed by atoms with Crippen LogP contribution in [-0.2, 0) is 70.0 Å². The molecule has 2 bridgehead atoms. The normalized spacial score (nSPS) is 28.2. The van der Waals surface area contributed by atoms with Crippen molar-refractivity contribution in [1.82, 2.24) is 52.0 Å². The van der Waals surface area contributed by atoms with Crippen molar-refractivity contribution in [3.05, 3.63) is 23.8 Å². The Kier molecular flexibility index (Phi) is 19.4.